The van der Waals surface area contributed by atoms with Crippen molar-refractivity contribution < 1.29 is 9.90 Å². The number of rotatable bonds is 5. The molecule has 2 N–H and O–H groups in total. The normalized spacial score (nSPS) is 12.1. The number of aromatic carboxylic acids is 1. The van der Waals surface area contributed by atoms with Gasteiger partial charge in [-0.05, 0) is 18.9 Å². The van der Waals surface area contributed by atoms with Crippen molar-refractivity contribution in [2.45, 2.75) is 26.3 Å². The molecule has 100 valence electrons. The molecule has 0 radical (unpaired) electrons. The summed E-state index contributed by atoms with van der Waals surface area (Å²) in [6.07, 6.45) is 0.908. The number of nitrogens with zero attached hydrogens (tertiary/aromatic N) is 1. The first-order valence-electron chi connectivity index (χ1n) is 6.14. The number of carboxylic acids is 1. The van der Waals surface area contributed by atoms with Gasteiger partial charge in [-0.15, -0.1) is 11.3 Å². The number of benzene rings is 1. The van der Waals surface area contributed by atoms with Gasteiger partial charge in [0, 0.05) is 4.88 Å². The topological polar surface area (TPSA) is 62.2 Å². The largest absolute Gasteiger partial charge is 0.476 e. The molecule has 5 heteroatoms. The van der Waals surface area contributed by atoms with Gasteiger partial charge in [-0.2, -0.15) is 0 Å². The fourth-order valence-electron chi connectivity index (χ4n) is 1.91. The molecule has 2 rings (SSSR count). The zero-order chi connectivity index (χ0) is 13.8. The van der Waals surface area contributed by atoms with Gasteiger partial charge in [-0.25, -0.2) is 9.78 Å². The van der Waals surface area contributed by atoms with Crippen LogP contribution >= 0.6 is 11.3 Å². The minimum Gasteiger partial charge on any atom is -0.476 e. The summed E-state index contributed by atoms with van der Waals surface area (Å²) in [5.41, 5.74) is 1.31. The minimum atomic E-state index is -0.977. The van der Waals surface area contributed by atoms with E-state index in [0.717, 1.165) is 11.3 Å². The first-order valence-corrected chi connectivity index (χ1v) is 6.95. The number of carboxylic acid groups (broad SMARTS) is 1. The fourth-order valence-corrected chi connectivity index (χ4v) is 2.77. The quantitative estimate of drug-likeness (QED) is 0.873. The van der Waals surface area contributed by atoms with Crippen LogP contribution in [0.4, 0.5) is 5.13 Å². The molecule has 1 unspecified atom stereocenters. The third-order valence-corrected chi connectivity index (χ3v) is 3.81. The molecule has 4 nitrogen and oxygen atoms in total. The average Bonchev–Trinajstić information content (AvgIpc) is 2.78. The van der Waals surface area contributed by atoms with Crippen molar-refractivity contribution in [3.8, 4) is 0 Å². The number of nitrogens with one attached hydrogen (secondary N) is 1. The molecule has 0 aliphatic carbocycles. The fraction of sp³-hybridized carbons (Fsp3) is 0.286. The van der Waals surface area contributed by atoms with Gasteiger partial charge in [0.2, 0.25) is 0 Å². The molecule has 0 aliphatic rings. The van der Waals surface area contributed by atoms with E-state index in [1.165, 1.54) is 16.9 Å². The number of hydrogen-bond donors (Lipinski definition) is 2. The van der Waals surface area contributed by atoms with E-state index < -0.39 is 5.97 Å². The van der Waals surface area contributed by atoms with Crippen molar-refractivity contribution >= 4 is 22.4 Å². The minimum absolute atomic E-state index is 0.135. The second kappa shape index (κ2) is 5.84. The number of thiazole rings is 1. The van der Waals surface area contributed by atoms with Crippen molar-refractivity contribution in [2.24, 2.45) is 0 Å². The maximum absolute atomic E-state index is 11.0. The summed E-state index contributed by atoms with van der Waals surface area (Å²) >= 11 is 1.38. The van der Waals surface area contributed by atoms with Gasteiger partial charge in [0.15, 0.2) is 10.8 Å². The van der Waals surface area contributed by atoms with Crippen LogP contribution in [0.15, 0.2) is 30.3 Å². The SMILES string of the molecule is CCC(Nc1nc(C(=O)O)c(C)s1)c1ccccc1. The van der Waals surface area contributed by atoms with Gasteiger partial charge in [0.05, 0.1) is 6.04 Å². The van der Waals surface area contributed by atoms with Crippen LogP contribution in [0.3, 0.4) is 0 Å². The van der Waals surface area contributed by atoms with Crippen molar-refractivity contribution in [3.63, 3.8) is 0 Å². The Hall–Kier alpha value is -1.88. The second-order valence-electron chi connectivity index (χ2n) is 4.24. The molecule has 0 fully saturated rings. The molecule has 19 heavy (non-hydrogen) atoms. The standard InChI is InChI=1S/C14H16N2O2S/c1-3-11(10-7-5-4-6-8-10)15-14-16-12(13(17)18)9(2)19-14/h4-8,11H,3H2,1-2H3,(H,15,16)(H,17,18). The second-order valence-corrected chi connectivity index (χ2v) is 5.45. The molecule has 0 saturated carbocycles. The molecule has 1 aromatic heterocycles. The Labute approximate surface area is 116 Å². The number of hydrogen-bond acceptors (Lipinski definition) is 4. The summed E-state index contributed by atoms with van der Waals surface area (Å²) in [5.74, 6) is -0.977. The molecule has 1 heterocycles. The molecule has 0 aliphatic heterocycles. The zero-order valence-electron chi connectivity index (χ0n) is 10.9. The van der Waals surface area contributed by atoms with Crippen molar-refractivity contribution in [3.05, 3.63) is 46.5 Å². The van der Waals surface area contributed by atoms with Crippen LogP contribution in [-0.4, -0.2) is 16.1 Å². The predicted molar refractivity (Wildman–Crippen MR) is 76.9 cm³/mol. The number of carbonyl (C=O) groups is 1. The third kappa shape index (κ3) is 3.12. The molecule has 1 aromatic carbocycles. The van der Waals surface area contributed by atoms with E-state index >= 15 is 0 Å². The van der Waals surface area contributed by atoms with E-state index in [1.807, 2.05) is 18.2 Å². The number of aryl methyl sites for hydroxylation is 1. The highest BCUT2D eigenvalue weighted by molar-refractivity contribution is 7.15. The van der Waals surface area contributed by atoms with Crippen LogP contribution in [0.1, 0.15) is 40.3 Å². The van der Waals surface area contributed by atoms with Crippen LogP contribution in [0.25, 0.3) is 0 Å². The highest BCUT2D eigenvalue weighted by atomic mass is 32.1. The van der Waals surface area contributed by atoms with Gasteiger partial charge in [-0.3, -0.25) is 0 Å². The summed E-state index contributed by atoms with van der Waals surface area (Å²) in [5, 5.41) is 13.0. The molecule has 0 saturated heterocycles. The van der Waals surface area contributed by atoms with E-state index in [-0.39, 0.29) is 11.7 Å². The lowest BCUT2D eigenvalue weighted by atomic mass is 10.1. The van der Waals surface area contributed by atoms with Crippen LogP contribution in [0.2, 0.25) is 0 Å². The van der Waals surface area contributed by atoms with Crippen LogP contribution in [-0.2, 0) is 0 Å². The van der Waals surface area contributed by atoms with Crippen LogP contribution in [0.5, 0.6) is 0 Å². The molecule has 0 amide bonds. The van der Waals surface area contributed by atoms with Gasteiger partial charge >= 0.3 is 5.97 Å². The van der Waals surface area contributed by atoms with Crippen molar-refractivity contribution in [1.29, 1.82) is 0 Å². The summed E-state index contributed by atoms with van der Waals surface area (Å²) in [4.78, 5) is 15.8. The molecule has 1 atom stereocenters. The smallest absolute Gasteiger partial charge is 0.355 e. The average molecular weight is 276 g/mol. The lowest BCUT2D eigenvalue weighted by Gasteiger charge is -2.16. The highest BCUT2D eigenvalue weighted by Gasteiger charge is 2.16. The molecule has 0 bridgehead atoms. The lowest BCUT2D eigenvalue weighted by Crippen LogP contribution is -2.09. The third-order valence-electron chi connectivity index (χ3n) is 2.91. The maximum Gasteiger partial charge on any atom is 0.355 e. The van der Waals surface area contributed by atoms with E-state index in [9.17, 15) is 4.79 Å². The Balaban J connectivity index is 2.19. The Bertz CT molecular complexity index is 566. The Morgan fingerprint density at radius 3 is 2.63 bits per heavy atom. The van der Waals surface area contributed by atoms with Gasteiger partial charge in [-0.1, -0.05) is 37.3 Å². The molecule has 0 spiro atoms. The van der Waals surface area contributed by atoms with E-state index in [2.05, 4.69) is 29.4 Å². The first kappa shape index (κ1) is 13.5. The Kier molecular flexibility index (Phi) is 4.16. The first-order chi connectivity index (χ1) is 9.11. The van der Waals surface area contributed by atoms with Crippen molar-refractivity contribution in [1.82, 2.24) is 4.98 Å². The number of anilines is 1. The Morgan fingerprint density at radius 1 is 1.42 bits per heavy atom. The summed E-state index contributed by atoms with van der Waals surface area (Å²) in [7, 11) is 0. The van der Waals surface area contributed by atoms with Gasteiger partial charge in [0.1, 0.15) is 0 Å². The van der Waals surface area contributed by atoms with E-state index in [4.69, 9.17) is 5.11 Å². The monoisotopic (exact) mass is 276 g/mol. The highest BCUT2D eigenvalue weighted by Crippen LogP contribution is 2.27. The van der Waals surface area contributed by atoms with Crippen LogP contribution in [0, 0.1) is 6.92 Å². The lowest BCUT2D eigenvalue weighted by molar-refractivity contribution is 0.0690. The summed E-state index contributed by atoms with van der Waals surface area (Å²) in [6, 6.07) is 10.2. The van der Waals surface area contributed by atoms with Crippen molar-refractivity contribution in [2.75, 3.05) is 5.32 Å². The van der Waals surface area contributed by atoms with Gasteiger partial charge in [0.25, 0.3) is 0 Å². The van der Waals surface area contributed by atoms with Gasteiger partial charge < -0.3 is 10.4 Å². The van der Waals surface area contributed by atoms with E-state index in [1.54, 1.807) is 6.92 Å². The predicted octanol–water partition coefficient (Wildman–Crippen LogP) is 3.71. The Morgan fingerprint density at radius 2 is 2.11 bits per heavy atom. The number of aromatic nitrogens is 1. The zero-order valence-corrected chi connectivity index (χ0v) is 11.7. The maximum atomic E-state index is 11.0. The van der Waals surface area contributed by atoms with Crippen LogP contribution < -0.4 is 5.32 Å². The molecule has 2 aromatic rings. The molecular formula is C14H16N2O2S. The summed E-state index contributed by atoms with van der Waals surface area (Å²) in [6.45, 7) is 3.86. The molecular weight excluding hydrogens is 260 g/mol. The summed E-state index contributed by atoms with van der Waals surface area (Å²) < 4.78 is 0. The van der Waals surface area contributed by atoms with E-state index in [0.29, 0.717) is 5.13 Å².